The van der Waals surface area contributed by atoms with E-state index >= 15 is 0 Å². The molecule has 2 amide bonds. The van der Waals surface area contributed by atoms with Crippen LogP contribution in [-0.2, 0) is 6.54 Å². The zero-order valence-electron chi connectivity index (χ0n) is 12.9. The number of nitrogens with zero attached hydrogens (tertiary/aromatic N) is 3. The van der Waals surface area contributed by atoms with Crippen LogP contribution in [0.3, 0.4) is 0 Å². The molecule has 0 aliphatic carbocycles. The molecule has 0 saturated carbocycles. The van der Waals surface area contributed by atoms with Gasteiger partial charge >= 0.3 is 6.03 Å². The number of likely N-dealkylation sites (tertiary alicyclic amines) is 1. The van der Waals surface area contributed by atoms with Crippen LogP contribution in [0.2, 0.25) is 0 Å². The van der Waals surface area contributed by atoms with Crippen molar-refractivity contribution in [2.75, 3.05) is 19.7 Å². The number of rotatable bonds is 4. The smallest absolute Gasteiger partial charge is 0.317 e. The van der Waals surface area contributed by atoms with E-state index in [1.54, 1.807) is 0 Å². The van der Waals surface area contributed by atoms with Crippen LogP contribution < -0.4 is 5.32 Å². The second-order valence-electron chi connectivity index (χ2n) is 5.81. The first-order valence-electron chi connectivity index (χ1n) is 7.84. The number of aromatic amines is 1. The zero-order chi connectivity index (χ0) is 16.1. The summed E-state index contributed by atoms with van der Waals surface area (Å²) < 4.78 is 0. The molecule has 0 unspecified atom stereocenters. The molecule has 0 radical (unpaired) electrons. The Morgan fingerprint density at radius 2 is 2.22 bits per heavy atom. The normalized spacial score (nSPS) is 15.6. The minimum Gasteiger partial charge on any atom is -0.396 e. The first-order valence-corrected chi connectivity index (χ1v) is 7.84. The third-order valence-corrected chi connectivity index (χ3v) is 4.22. The van der Waals surface area contributed by atoms with Crippen molar-refractivity contribution in [3.8, 4) is 11.4 Å². The van der Waals surface area contributed by atoms with E-state index in [0.29, 0.717) is 31.4 Å². The third kappa shape index (κ3) is 3.87. The highest BCUT2D eigenvalue weighted by molar-refractivity contribution is 5.74. The molecule has 1 saturated heterocycles. The van der Waals surface area contributed by atoms with Crippen LogP contribution in [0.5, 0.6) is 0 Å². The highest BCUT2D eigenvalue weighted by Crippen LogP contribution is 2.17. The van der Waals surface area contributed by atoms with Gasteiger partial charge in [0, 0.05) is 31.8 Å². The molecule has 2 aromatic rings. The summed E-state index contributed by atoms with van der Waals surface area (Å²) in [6.07, 6.45) is 3.20. The van der Waals surface area contributed by atoms with E-state index in [1.807, 2.05) is 29.2 Å². The molecule has 122 valence electrons. The Bertz CT molecular complexity index is 636. The lowest BCUT2D eigenvalue weighted by Crippen LogP contribution is -2.44. The summed E-state index contributed by atoms with van der Waals surface area (Å²) in [4.78, 5) is 18.1. The van der Waals surface area contributed by atoms with E-state index < -0.39 is 0 Å². The Hall–Kier alpha value is -2.41. The zero-order valence-corrected chi connectivity index (χ0v) is 12.9. The molecule has 23 heavy (non-hydrogen) atoms. The van der Waals surface area contributed by atoms with Gasteiger partial charge in [-0.15, -0.1) is 0 Å². The summed E-state index contributed by atoms with van der Waals surface area (Å²) in [5.74, 6) is 1.04. The fourth-order valence-electron chi connectivity index (χ4n) is 2.78. The summed E-state index contributed by atoms with van der Waals surface area (Å²) in [5.41, 5.74) is 1.95. The minimum atomic E-state index is -0.0496. The van der Waals surface area contributed by atoms with Crippen molar-refractivity contribution in [3.05, 3.63) is 36.2 Å². The van der Waals surface area contributed by atoms with Gasteiger partial charge in [-0.2, -0.15) is 5.10 Å². The molecule has 2 heterocycles. The average Bonchev–Trinajstić information content (AvgIpc) is 3.15. The van der Waals surface area contributed by atoms with Gasteiger partial charge in [-0.25, -0.2) is 9.78 Å². The number of aliphatic hydroxyl groups is 1. The van der Waals surface area contributed by atoms with Gasteiger partial charge < -0.3 is 15.3 Å². The largest absolute Gasteiger partial charge is 0.396 e. The Kier molecular flexibility index (Phi) is 4.87. The van der Waals surface area contributed by atoms with Crippen LogP contribution in [0.25, 0.3) is 11.4 Å². The SMILES string of the molecule is O=C(NCc1cccc(-c2ncn[nH]2)c1)N1CCC(CO)CC1. The van der Waals surface area contributed by atoms with E-state index in [4.69, 9.17) is 5.11 Å². The van der Waals surface area contributed by atoms with Crippen LogP contribution in [-0.4, -0.2) is 50.9 Å². The quantitative estimate of drug-likeness (QED) is 0.794. The summed E-state index contributed by atoms with van der Waals surface area (Å²) >= 11 is 0. The first-order chi connectivity index (χ1) is 11.3. The highest BCUT2D eigenvalue weighted by Gasteiger charge is 2.21. The van der Waals surface area contributed by atoms with Crippen LogP contribution in [0.15, 0.2) is 30.6 Å². The standard InChI is InChI=1S/C16H21N5O2/c22-10-12-4-6-21(7-5-12)16(23)17-9-13-2-1-3-14(8-13)15-18-11-19-20-15/h1-3,8,11-12,22H,4-7,9-10H2,(H,17,23)(H,18,19,20). The number of aromatic nitrogens is 3. The molecule has 0 spiro atoms. The number of H-pyrrole nitrogens is 1. The fourth-order valence-corrected chi connectivity index (χ4v) is 2.78. The maximum Gasteiger partial charge on any atom is 0.317 e. The maximum absolute atomic E-state index is 12.2. The fraction of sp³-hybridized carbons (Fsp3) is 0.438. The summed E-state index contributed by atoms with van der Waals surface area (Å²) in [6, 6.07) is 7.79. The van der Waals surface area contributed by atoms with E-state index in [1.165, 1.54) is 6.33 Å². The van der Waals surface area contributed by atoms with Crippen molar-refractivity contribution < 1.29 is 9.90 Å². The van der Waals surface area contributed by atoms with E-state index in [2.05, 4.69) is 20.5 Å². The van der Waals surface area contributed by atoms with Gasteiger partial charge in [0.1, 0.15) is 6.33 Å². The Balaban J connectivity index is 1.54. The van der Waals surface area contributed by atoms with Gasteiger partial charge in [-0.1, -0.05) is 18.2 Å². The van der Waals surface area contributed by atoms with Gasteiger partial charge in [-0.3, -0.25) is 5.10 Å². The van der Waals surface area contributed by atoms with Crippen molar-refractivity contribution in [1.82, 2.24) is 25.4 Å². The van der Waals surface area contributed by atoms with Crippen LogP contribution >= 0.6 is 0 Å². The van der Waals surface area contributed by atoms with Crippen molar-refractivity contribution in [2.24, 2.45) is 5.92 Å². The van der Waals surface area contributed by atoms with Crippen molar-refractivity contribution >= 4 is 6.03 Å². The Labute approximate surface area is 134 Å². The molecular weight excluding hydrogens is 294 g/mol. The van der Waals surface area contributed by atoms with Crippen LogP contribution in [0, 0.1) is 5.92 Å². The van der Waals surface area contributed by atoms with Crippen LogP contribution in [0.4, 0.5) is 4.79 Å². The molecule has 7 heteroatoms. The van der Waals surface area contributed by atoms with E-state index in [0.717, 1.165) is 24.0 Å². The maximum atomic E-state index is 12.2. The molecule has 1 fully saturated rings. The first kappa shape index (κ1) is 15.5. The average molecular weight is 315 g/mol. The van der Waals surface area contributed by atoms with Gasteiger partial charge in [0.25, 0.3) is 0 Å². The monoisotopic (exact) mass is 315 g/mol. The second-order valence-corrected chi connectivity index (χ2v) is 5.81. The van der Waals surface area contributed by atoms with Crippen molar-refractivity contribution in [2.45, 2.75) is 19.4 Å². The number of urea groups is 1. The lowest BCUT2D eigenvalue weighted by Gasteiger charge is -2.31. The molecule has 7 nitrogen and oxygen atoms in total. The summed E-state index contributed by atoms with van der Waals surface area (Å²) in [7, 11) is 0. The number of piperidine rings is 1. The third-order valence-electron chi connectivity index (χ3n) is 4.22. The minimum absolute atomic E-state index is 0.0496. The van der Waals surface area contributed by atoms with Gasteiger partial charge in [0.05, 0.1) is 0 Å². The predicted octanol–water partition coefficient (Wildman–Crippen LogP) is 1.39. The topological polar surface area (TPSA) is 94.1 Å². The molecule has 0 atom stereocenters. The molecule has 1 aliphatic heterocycles. The number of hydrogen-bond acceptors (Lipinski definition) is 4. The molecule has 3 rings (SSSR count). The second kappa shape index (κ2) is 7.23. The number of amides is 2. The number of benzene rings is 1. The summed E-state index contributed by atoms with van der Waals surface area (Å²) in [6.45, 7) is 2.09. The molecule has 0 bridgehead atoms. The molecule has 1 aromatic heterocycles. The molecule has 1 aromatic carbocycles. The van der Waals surface area contributed by atoms with Gasteiger partial charge in [0.2, 0.25) is 0 Å². The predicted molar refractivity (Wildman–Crippen MR) is 85.4 cm³/mol. The molecule has 1 aliphatic rings. The van der Waals surface area contributed by atoms with Gasteiger partial charge in [-0.05, 0) is 30.4 Å². The molecular formula is C16H21N5O2. The lowest BCUT2D eigenvalue weighted by atomic mass is 9.98. The lowest BCUT2D eigenvalue weighted by molar-refractivity contribution is 0.137. The summed E-state index contributed by atoms with van der Waals surface area (Å²) in [5, 5.41) is 18.8. The number of hydrogen-bond donors (Lipinski definition) is 3. The van der Waals surface area contributed by atoms with Crippen molar-refractivity contribution in [1.29, 1.82) is 0 Å². The molecule has 3 N–H and O–H groups in total. The number of carbonyl (C=O) groups is 1. The highest BCUT2D eigenvalue weighted by atomic mass is 16.3. The van der Waals surface area contributed by atoms with Crippen LogP contribution in [0.1, 0.15) is 18.4 Å². The number of carbonyl (C=O) groups excluding carboxylic acids is 1. The van der Waals surface area contributed by atoms with E-state index in [9.17, 15) is 4.79 Å². The van der Waals surface area contributed by atoms with Crippen molar-refractivity contribution in [3.63, 3.8) is 0 Å². The Morgan fingerprint density at radius 1 is 1.39 bits per heavy atom. The Morgan fingerprint density at radius 3 is 2.91 bits per heavy atom. The van der Waals surface area contributed by atoms with Gasteiger partial charge in [0.15, 0.2) is 5.82 Å². The van der Waals surface area contributed by atoms with E-state index in [-0.39, 0.29) is 12.6 Å². The number of aliphatic hydroxyl groups excluding tert-OH is 1. The number of nitrogens with one attached hydrogen (secondary N) is 2.